The van der Waals surface area contributed by atoms with Crippen molar-refractivity contribution in [3.05, 3.63) is 29.8 Å². The lowest BCUT2D eigenvalue weighted by atomic mass is 9.95. The van der Waals surface area contributed by atoms with Crippen molar-refractivity contribution in [2.24, 2.45) is 11.7 Å². The Labute approximate surface area is 119 Å². The van der Waals surface area contributed by atoms with Crippen LogP contribution in [0.3, 0.4) is 0 Å². The molecule has 110 valence electrons. The smallest absolute Gasteiger partial charge is 0.251 e. The largest absolute Gasteiger partial charge is 0.345 e. The highest BCUT2D eigenvalue weighted by molar-refractivity contribution is 7.90. The third kappa shape index (κ3) is 3.19. The lowest BCUT2D eigenvalue weighted by Crippen LogP contribution is -2.53. The van der Waals surface area contributed by atoms with Crippen molar-refractivity contribution in [1.82, 2.24) is 5.32 Å². The maximum Gasteiger partial charge on any atom is 0.251 e. The molecule has 0 radical (unpaired) electrons. The van der Waals surface area contributed by atoms with Crippen LogP contribution in [0.4, 0.5) is 0 Å². The molecule has 1 amide bonds. The van der Waals surface area contributed by atoms with Gasteiger partial charge in [0.25, 0.3) is 5.91 Å². The van der Waals surface area contributed by atoms with Gasteiger partial charge < -0.3 is 11.1 Å². The van der Waals surface area contributed by atoms with Crippen molar-refractivity contribution < 1.29 is 13.2 Å². The number of hydrogen-bond acceptors (Lipinski definition) is 4. The Morgan fingerprint density at radius 1 is 1.35 bits per heavy atom. The molecule has 6 heteroatoms. The van der Waals surface area contributed by atoms with Crippen LogP contribution in [0.15, 0.2) is 29.2 Å². The highest BCUT2D eigenvalue weighted by Crippen LogP contribution is 2.39. The Morgan fingerprint density at radius 3 is 2.30 bits per heavy atom. The lowest BCUT2D eigenvalue weighted by molar-refractivity contribution is 0.0897. The van der Waals surface area contributed by atoms with Crippen molar-refractivity contribution in [3.63, 3.8) is 0 Å². The molecular formula is C14H20N2O3S. The summed E-state index contributed by atoms with van der Waals surface area (Å²) < 4.78 is 22.7. The summed E-state index contributed by atoms with van der Waals surface area (Å²) in [5.41, 5.74) is 5.82. The Bertz CT molecular complexity index is 606. The van der Waals surface area contributed by atoms with Gasteiger partial charge in [0.05, 0.1) is 10.4 Å². The van der Waals surface area contributed by atoms with Crippen LogP contribution in [0.1, 0.15) is 30.1 Å². The highest BCUT2D eigenvalue weighted by atomic mass is 32.2. The van der Waals surface area contributed by atoms with E-state index in [0.717, 1.165) is 19.1 Å². The van der Waals surface area contributed by atoms with E-state index in [0.29, 0.717) is 18.0 Å². The van der Waals surface area contributed by atoms with Crippen LogP contribution in [-0.2, 0) is 9.84 Å². The molecule has 1 aliphatic rings. The van der Waals surface area contributed by atoms with E-state index in [9.17, 15) is 13.2 Å². The highest BCUT2D eigenvalue weighted by Gasteiger charge is 2.41. The summed E-state index contributed by atoms with van der Waals surface area (Å²) in [5, 5.41) is 2.97. The van der Waals surface area contributed by atoms with Crippen molar-refractivity contribution in [3.8, 4) is 0 Å². The predicted octanol–water partition coefficient (Wildman–Crippen LogP) is 0.947. The molecule has 0 aromatic heterocycles. The SMILES string of the molecule is CC(CN)(NC(=O)c1ccc(S(C)(=O)=O)cc1)C1CC1. The molecule has 3 N–H and O–H groups in total. The van der Waals surface area contributed by atoms with Gasteiger partial charge in [0.2, 0.25) is 0 Å². The topological polar surface area (TPSA) is 89.3 Å². The zero-order valence-electron chi connectivity index (χ0n) is 11.7. The van der Waals surface area contributed by atoms with Crippen molar-refractivity contribution >= 4 is 15.7 Å². The normalized spacial score (nSPS) is 18.4. The van der Waals surface area contributed by atoms with Crippen molar-refractivity contribution in [2.75, 3.05) is 12.8 Å². The molecule has 0 aliphatic heterocycles. The first-order chi connectivity index (χ1) is 9.26. The molecule has 0 bridgehead atoms. The zero-order chi connectivity index (χ0) is 15.0. The molecule has 1 aromatic rings. The average Bonchev–Trinajstić information content (AvgIpc) is 3.22. The average molecular weight is 296 g/mol. The lowest BCUT2D eigenvalue weighted by Gasteiger charge is -2.29. The van der Waals surface area contributed by atoms with E-state index in [1.165, 1.54) is 24.3 Å². The number of sulfone groups is 1. The summed E-state index contributed by atoms with van der Waals surface area (Å²) in [6.45, 7) is 2.35. The zero-order valence-corrected chi connectivity index (χ0v) is 12.5. The van der Waals surface area contributed by atoms with Crippen LogP contribution in [0.25, 0.3) is 0 Å². The molecule has 5 nitrogen and oxygen atoms in total. The second kappa shape index (κ2) is 5.18. The second-order valence-electron chi connectivity index (χ2n) is 5.65. The fourth-order valence-electron chi connectivity index (χ4n) is 2.23. The van der Waals surface area contributed by atoms with Crippen molar-refractivity contribution in [1.29, 1.82) is 0 Å². The Balaban J connectivity index is 2.13. The summed E-state index contributed by atoms with van der Waals surface area (Å²) in [7, 11) is -3.24. The molecule has 1 aromatic carbocycles. The first kappa shape index (κ1) is 15.0. The van der Waals surface area contributed by atoms with Gasteiger partial charge in [0.15, 0.2) is 9.84 Å². The van der Waals surface area contributed by atoms with Crippen molar-refractivity contribution in [2.45, 2.75) is 30.2 Å². The molecule has 1 fully saturated rings. The van der Waals surface area contributed by atoms with E-state index in [1.807, 2.05) is 6.92 Å². The molecule has 1 saturated carbocycles. The number of carbonyl (C=O) groups is 1. The minimum atomic E-state index is -3.24. The van der Waals surface area contributed by atoms with Gasteiger partial charge in [0.1, 0.15) is 0 Å². The van der Waals surface area contributed by atoms with Gasteiger partial charge in [-0.05, 0) is 49.9 Å². The Morgan fingerprint density at radius 2 is 1.90 bits per heavy atom. The van der Waals surface area contributed by atoms with Gasteiger partial charge in [-0.25, -0.2) is 8.42 Å². The maximum atomic E-state index is 12.2. The third-order valence-electron chi connectivity index (χ3n) is 3.85. The number of nitrogens with one attached hydrogen (secondary N) is 1. The second-order valence-corrected chi connectivity index (χ2v) is 7.66. The standard InChI is InChI=1S/C14H20N2O3S/c1-14(9-15,11-5-6-11)16-13(17)10-3-7-12(8-4-10)20(2,18)19/h3-4,7-8,11H,5-6,9,15H2,1-2H3,(H,16,17). The molecule has 1 aliphatic carbocycles. The van der Waals surface area contributed by atoms with E-state index in [1.54, 1.807) is 0 Å². The quantitative estimate of drug-likeness (QED) is 0.846. The van der Waals surface area contributed by atoms with Gasteiger partial charge in [-0.1, -0.05) is 0 Å². The van der Waals surface area contributed by atoms with Gasteiger partial charge in [-0.3, -0.25) is 4.79 Å². The number of carbonyl (C=O) groups excluding carboxylic acids is 1. The molecular weight excluding hydrogens is 276 g/mol. The summed E-state index contributed by atoms with van der Waals surface area (Å²) in [6.07, 6.45) is 3.31. The van der Waals surface area contributed by atoms with Crippen LogP contribution < -0.4 is 11.1 Å². The van der Waals surface area contributed by atoms with Gasteiger partial charge in [0, 0.05) is 18.4 Å². The van der Waals surface area contributed by atoms with E-state index in [-0.39, 0.29) is 16.3 Å². The first-order valence-electron chi connectivity index (χ1n) is 6.59. The molecule has 1 atom stereocenters. The van der Waals surface area contributed by atoms with Crippen LogP contribution in [-0.4, -0.2) is 32.7 Å². The number of rotatable bonds is 5. The minimum absolute atomic E-state index is 0.206. The Kier molecular flexibility index (Phi) is 3.88. The van der Waals surface area contributed by atoms with Crippen LogP contribution >= 0.6 is 0 Å². The summed E-state index contributed by atoms with van der Waals surface area (Å²) >= 11 is 0. The van der Waals surface area contributed by atoms with Crippen LogP contribution in [0.5, 0.6) is 0 Å². The Hall–Kier alpha value is -1.40. The third-order valence-corrected chi connectivity index (χ3v) is 4.97. The van der Waals surface area contributed by atoms with E-state index in [4.69, 9.17) is 5.73 Å². The van der Waals surface area contributed by atoms with Gasteiger partial charge in [-0.2, -0.15) is 0 Å². The number of amides is 1. The fraction of sp³-hybridized carbons (Fsp3) is 0.500. The molecule has 1 unspecified atom stereocenters. The molecule has 0 heterocycles. The van der Waals surface area contributed by atoms with E-state index in [2.05, 4.69) is 5.32 Å². The van der Waals surface area contributed by atoms with E-state index < -0.39 is 9.84 Å². The predicted molar refractivity (Wildman–Crippen MR) is 77.2 cm³/mol. The summed E-state index contributed by atoms with van der Waals surface area (Å²) in [4.78, 5) is 12.4. The monoisotopic (exact) mass is 296 g/mol. The number of nitrogens with two attached hydrogens (primary N) is 1. The van der Waals surface area contributed by atoms with Gasteiger partial charge in [-0.15, -0.1) is 0 Å². The van der Waals surface area contributed by atoms with Gasteiger partial charge >= 0.3 is 0 Å². The minimum Gasteiger partial charge on any atom is -0.345 e. The maximum absolute atomic E-state index is 12.2. The molecule has 20 heavy (non-hydrogen) atoms. The number of benzene rings is 1. The molecule has 0 saturated heterocycles. The van der Waals surface area contributed by atoms with E-state index >= 15 is 0 Å². The first-order valence-corrected chi connectivity index (χ1v) is 8.48. The molecule has 0 spiro atoms. The van der Waals surface area contributed by atoms with Crippen LogP contribution in [0.2, 0.25) is 0 Å². The fourth-order valence-corrected chi connectivity index (χ4v) is 2.86. The summed E-state index contributed by atoms with van der Waals surface area (Å²) in [6, 6.07) is 5.94. The summed E-state index contributed by atoms with van der Waals surface area (Å²) in [5.74, 6) is 0.219. The van der Waals surface area contributed by atoms with Crippen LogP contribution in [0, 0.1) is 5.92 Å². The molecule has 2 rings (SSSR count). The number of hydrogen-bond donors (Lipinski definition) is 2.